The number of anilines is 1. The summed E-state index contributed by atoms with van der Waals surface area (Å²) in [6, 6.07) is 5.34. The van der Waals surface area contributed by atoms with Gasteiger partial charge in [-0.15, -0.1) is 11.3 Å². The van der Waals surface area contributed by atoms with Crippen molar-refractivity contribution in [2.24, 2.45) is 0 Å². The van der Waals surface area contributed by atoms with Gasteiger partial charge >= 0.3 is 0 Å². The summed E-state index contributed by atoms with van der Waals surface area (Å²) in [6.45, 7) is 3.27. The van der Waals surface area contributed by atoms with Crippen LogP contribution in [0.3, 0.4) is 0 Å². The number of hydrogen-bond acceptors (Lipinski definition) is 6. The van der Waals surface area contributed by atoms with Crippen molar-refractivity contribution in [2.45, 2.75) is 13.5 Å². The van der Waals surface area contributed by atoms with Crippen LogP contribution in [0.4, 0.5) is 5.69 Å². The molecule has 0 spiro atoms. The number of nitrogens with one attached hydrogen (secondary N) is 1. The van der Waals surface area contributed by atoms with Gasteiger partial charge < -0.3 is 19.5 Å². The predicted octanol–water partition coefficient (Wildman–Crippen LogP) is 2.62. The Morgan fingerprint density at radius 1 is 1.36 bits per heavy atom. The number of aromatic nitrogens is 1. The smallest absolute Gasteiger partial charge is 0.267 e. The molecule has 0 radical (unpaired) electrons. The van der Waals surface area contributed by atoms with Crippen molar-refractivity contribution < 1.29 is 19.0 Å². The molecule has 1 aliphatic rings. The maximum Gasteiger partial charge on any atom is 0.267 e. The molecule has 2 aromatic rings. The summed E-state index contributed by atoms with van der Waals surface area (Å²) in [5.41, 5.74) is 1.36. The molecule has 0 bridgehead atoms. The van der Waals surface area contributed by atoms with E-state index >= 15 is 0 Å². The van der Waals surface area contributed by atoms with Crippen LogP contribution in [0, 0.1) is 6.92 Å². The number of rotatable bonds is 4. The first-order valence-electron chi connectivity index (χ1n) is 6.83. The Balaban J connectivity index is 1.76. The van der Waals surface area contributed by atoms with E-state index in [1.54, 1.807) is 25.3 Å². The highest BCUT2D eigenvalue weighted by atomic mass is 32.1. The van der Waals surface area contributed by atoms with Gasteiger partial charge in [0.1, 0.15) is 23.1 Å². The maximum atomic E-state index is 12.4. The van der Waals surface area contributed by atoms with Crippen LogP contribution >= 0.6 is 11.3 Å². The minimum Gasteiger partial charge on any atom is -0.486 e. The number of aryl methyl sites for hydroxylation is 1. The Morgan fingerprint density at radius 3 is 2.91 bits per heavy atom. The second-order valence-corrected chi connectivity index (χ2v) is 5.85. The third-order valence-corrected chi connectivity index (χ3v) is 4.24. The molecule has 7 heteroatoms. The van der Waals surface area contributed by atoms with E-state index in [0.717, 1.165) is 5.01 Å². The third-order valence-electron chi connectivity index (χ3n) is 3.11. The molecule has 0 saturated heterocycles. The molecule has 1 N–H and O–H groups in total. The summed E-state index contributed by atoms with van der Waals surface area (Å²) < 4.78 is 16.0. The van der Waals surface area contributed by atoms with Crippen LogP contribution in [-0.2, 0) is 11.3 Å². The molecule has 1 amide bonds. The van der Waals surface area contributed by atoms with Crippen LogP contribution in [0.25, 0.3) is 0 Å². The molecule has 0 atom stereocenters. The van der Waals surface area contributed by atoms with Crippen LogP contribution in [-0.4, -0.2) is 31.2 Å². The molecule has 0 aliphatic carbocycles. The summed E-state index contributed by atoms with van der Waals surface area (Å²) in [5, 5.41) is 3.64. The second kappa shape index (κ2) is 6.33. The zero-order valence-electron chi connectivity index (χ0n) is 12.3. The SMILES string of the molecule is COCc1nc(C)c(C(=O)Nc2ccc3c(c2)OCCO3)s1. The summed E-state index contributed by atoms with van der Waals surface area (Å²) in [6.07, 6.45) is 0. The van der Waals surface area contributed by atoms with E-state index in [0.29, 0.717) is 47.6 Å². The number of hydrogen-bond donors (Lipinski definition) is 1. The Labute approximate surface area is 132 Å². The molecule has 1 aromatic carbocycles. The number of benzene rings is 1. The quantitative estimate of drug-likeness (QED) is 0.938. The lowest BCUT2D eigenvalue weighted by Crippen LogP contribution is -2.16. The molecule has 0 unspecified atom stereocenters. The van der Waals surface area contributed by atoms with Crippen molar-refractivity contribution in [1.82, 2.24) is 4.98 Å². The number of ether oxygens (including phenoxy) is 3. The van der Waals surface area contributed by atoms with E-state index in [1.165, 1.54) is 11.3 Å². The van der Waals surface area contributed by atoms with E-state index in [1.807, 2.05) is 6.92 Å². The van der Waals surface area contributed by atoms with Gasteiger partial charge in [-0.3, -0.25) is 4.79 Å². The van der Waals surface area contributed by atoms with Crippen LogP contribution in [0.15, 0.2) is 18.2 Å². The van der Waals surface area contributed by atoms with Crippen molar-refractivity contribution >= 4 is 22.9 Å². The van der Waals surface area contributed by atoms with Crippen molar-refractivity contribution in [1.29, 1.82) is 0 Å². The average molecular weight is 320 g/mol. The fraction of sp³-hybridized carbons (Fsp3) is 0.333. The largest absolute Gasteiger partial charge is 0.486 e. The molecule has 3 rings (SSSR count). The minimum absolute atomic E-state index is 0.186. The first-order chi connectivity index (χ1) is 10.7. The van der Waals surface area contributed by atoms with Crippen molar-refractivity contribution in [3.8, 4) is 11.5 Å². The minimum atomic E-state index is -0.186. The van der Waals surface area contributed by atoms with Gasteiger partial charge in [0.25, 0.3) is 5.91 Å². The third kappa shape index (κ3) is 3.05. The predicted molar refractivity (Wildman–Crippen MR) is 82.9 cm³/mol. The molecule has 2 heterocycles. The Bertz CT molecular complexity index is 699. The van der Waals surface area contributed by atoms with Gasteiger partial charge in [0, 0.05) is 18.9 Å². The van der Waals surface area contributed by atoms with Crippen molar-refractivity contribution in [2.75, 3.05) is 25.6 Å². The fourth-order valence-corrected chi connectivity index (χ4v) is 3.09. The molecule has 22 heavy (non-hydrogen) atoms. The number of methoxy groups -OCH3 is 1. The second-order valence-electron chi connectivity index (χ2n) is 4.77. The average Bonchev–Trinajstić information content (AvgIpc) is 2.88. The maximum absolute atomic E-state index is 12.4. The molecule has 6 nitrogen and oxygen atoms in total. The molecule has 1 aliphatic heterocycles. The Hall–Kier alpha value is -2.12. The van der Waals surface area contributed by atoms with E-state index in [-0.39, 0.29) is 5.91 Å². The monoisotopic (exact) mass is 320 g/mol. The van der Waals surface area contributed by atoms with Crippen LogP contribution < -0.4 is 14.8 Å². The number of carbonyl (C=O) groups is 1. The van der Waals surface area contributed by atoms with E-state index in [9.17, 15) is 4.79 Å². The highest BCUT2D eigenvalue weighted by Crippen LogP contribution is 2.33. The van der Waals surface area contributed by atoms with Gasteiger partial charge in [-0.05, 0) is 19.1 Å². The summed E-state index contributed by atoms with van der Waals surface area (Å²) in [5.74, 6) is 1.15. The summed E-state index contributed by atoms with van der Waals surface area (Å²) in [7, 11) is 1.60. The van der Waals surface area contributed by atoms with Gasteiger partial charge in [0.15, 0.2) is 11.5 Å². The molecular formula is C15H16N2O4S. The van der Waals surface area contributed by atoms with E-state index < -0.39 is 0 Å². The lowest BCUT2D eigenvalue weighted by Gasteiger charge is -2.18. The van der Waals surface area contributed by atoms with Crippen LogP contribution in [0.1, 0.15) is 20.4 Å². The molecule has 116 valence electrons. The number of fused-ring (bicyclic) bond motifs is 1. The first kappa shape index (κ1) is 14.8. The van der Waals surface area contributed by atoms with Crippen molar-refractivity contribution in [3.63, 3.8) is 0 Å². The van der Waals surface area contributed by atoms with E-state index in [2.05, 4.69) is 10.3 Å². The zero-order chi connectivity index (χ0) is 15.5. The number of nitrogens with zero attached hydrogens (tertiary/aromatic N) is 1. The number of carbonyl (C=O) groups excluding carboxylic acids is 1. The lowest BCUT2D eigenvalue weighted by molar-refractivity contribution is 0.102. The first-order valence-corrected chi connectivity index (χ1v) is 7.65. The van der Waals surface area contributed by atoms with Gasteiger partial charge in [0.2, 0.25) is 0 Å². The Morgan fingerprint density at radius 2 is 2.14 bits per heavy atom. The zero-order valence-corrected chi connectivity index (χ0v) is 13.2. The standard InChI is InChI=1S/C15H16N2O4S/c1-9-14(22-13(16-9)8-19-2)15(18)17-10-3-4-11-12(7-10)21-6-5-20-11/h3-4,7H,5-6,8H2,1-2H3,(H,17,18). The summed E-state index contributed by atoms with van der Waals surface area (Å²) >= 11 is 1.34. The van der Waals surface area contributed by atoms with E-state index in [4.69, 9.17) is 14.2 Å². The lowest BCUT2D eigenvalue weighted by atomic mass is 10.2. The molecule has 0 saturated carbocycles. The van der Waals surface area contributed by atoms with Crippen molar-refractivity contribution in [3.05, 3.63) is 33.8 Å². The van der Waals surface area contributed by atoms with Gasteiger partial charge in [-0.2, -0.15) is 0 Å². The highest BCUT2D eigenvalue weighted by molar-refractivity contribution is 7.13. The molecule has 1 aromatic heterocycles. The number of amides is 1. The molecule has 0 fully saturated rings. The highest BCUT2D eigenvalue weighted by Gasteiger charge is 2.17. The summed E-state index contributed by atoms with van der Waals surface area (Å²) in [4.78, 5) is 17.3. The van der Waals surface area contributed by atoms with Crippen LogP contribution in [0.2, 0.25) is 0 Å². The van der Waals surface area contributed by atoms with Gasteiger partial charge in [-0.25, -0.2) is 4.98 Å². The topological polar surface area (TPSA) is 69.7 Å². The fourth-order valence-electron chi connectivity index (χ4n) is 2.16. The van der Waals surface area contributed by atoms with Gasteiger partial charge in [0.05, 0.1) is 12.3 Å². The Kier molecular flexibility index (Phi) is 4.26. The van der Waals surface area contributed by atoms with Crippen LogP contribution in [0.5, 0.6) is 11.5 Å². The normalized spacial score (nSPS) is 13.0. The van der Waals surface area contributed by atoms with Gasteiger partial charge in [-0.1, -0.05) is 0 Å². The molecular weight excluding hydrogens is 304 g/mol. The number of thiazole rings is 1.